The second-order valence-electron chi connectivity index (χ2n) is 5.06. The molecule has 0 saturated heterocycles. The van der Waals surface area contributed by atoms with E-state index >= 15 is 0 Å². The van der Waals surface area contributed by atoms with E-state index in [4.69, 9.17) is 0 Å². The highest BCUT2D eigenvalue weighted by Crippen LogP contribution is 2.25. The van der Waals surface area contributed by atoms with Gasteiger partial charge in [-0.2, -0.15) is 9.40 Å². The van der Waals surface area contributed by atoms with Crippen LogP contribution >= 0.6 is 0 Å². The first-order chi connectivity index (χ1) is 9.93. The number of hydrogen-bond acceptors (Lipinski definition) is 6. The molecule has 0 bridgehead atoms. The van der Waals surface area contributed by atoms with Crippen LogP contribution in [-0.2, 0) is 23.0 Å². The quantitative estimate of drug-likeness (QED) is 0.859. The summed E-state index contributed by atoms with van der Waals surface area (Å²) in [7, 11) is -3.20. The molecule has 0 saturated carbocycles. The van der Waals surface area contributed by atoms with Gasteiger partial charge >= 0.3 is 0 Å². The highest BCUT2D eigenvalue weighted by molar-refractivity contribution is 7.88. The van der Waals surface area contributed by atoms with Gasteiger partial charge in [0.2, 0.25) is 10.0 Å². The topological polar surface area (TPSA) is 104 Å². The standard InChI is InChI=1S/C12H16N6O2S/c1-8-5-11(17-16-8)15-12-9-3-4-18(21(2,19)20)6-10(9)13-7-14-12/h5,7H,3-4,6H2,1-2H3,(H2,13,14,15,16,17). The van der Waals surface area contributed by atoms with Gasteiger partial charge in [-0.15, -0.1) is 0 Å². The zero-order valence-electron chi connectivity index (χ0n) is 11.8. The number of anilines is 2. The Balaban J connectivity index is 1.89. The van der Waals surface area contributed by atoms with Gasteiger partial charge in [0.1, 0.15) is 12.1 Å². The van der Waals surface area contributed by atoms with Gasteiger partial charge in [0.15, 0.2) is 5.82 Å². The number of aromatic nitrogens is 4. The number of aryl methyl sites for hydroxylation is 1. The van der Waals surface area contributed by atoms with Gasteiger partial charge in [-0.3, -0.25) is 5.10 Å². The zero-order chi connectivity index (χ0) is 15.0. The number of rotatable bonds is 3. The first-order valence-electron chi connectivity index (χ1n) is 6.50. The number of hydrogen-bond donors (Lipinski definition) is 2. The Bertz CT molecular complexity index is 770. The van der Waals surface area contributed by atoms with E-state index in [1.54, 1.807) is 0 Å². The highest BCUT2D eigenvalue weighted by atomic mass is 32.2. The molecule has 8 nitrogen and oxygen atoms in total. The number of nitrogens with one attached hydrogen (secondary N) is 2. The molecule has 3 heterocycles. The molecular weight excluding hydrogens is 292 g/mol. The van der Waals surface area contributed by atoms with E-state index in [9.17, 15) is 8.42 Å². The molecule has 1 aliphatic heterocycles. The molecule has 0 amide bonds. The summed E-state index contributed by atoms with van der Waals surface area (Å²) in [6.45, 7) is 2.63. The maximum atomic E-state index is 11.6. The summed E-state index contributed by atoms with van der Waals surface area (Å²) < 4.78 is 24.7. The Hall–Kier alpha value is -2.00. The molecule has 0 atom stereocenters. The Morgan fingerprint density at radius 1 is 1.38 bits per heavy atom. The Morgan fingerprint density at radius 3 is 2.86 bits per heavy atom. The smallest absolute Gasteiger partial charge is 0.211 e. The van der Waals surface area contributed by atoms with E-state index in [1.165, 1.54) is 16.9 Å². The molecule has 0 fully saturated rings. The third kappa shape index (κ3) is 2.88. The molecule has 0 aromatic carbocycles. The monoisotopic (exact) mass is 308 g/mol. The van der Waals surface area contributed by atoms with Crippen molar-refractivity contribution in [1.82, 2.24) is 24.5 Å². The number of H-pyrrole nitrogens is 1. The van der Waals surface area contributed by atoms with Crippen LogP contribution in [0.5, 0.6) is 0 Å². The minimum absolute atomic E-state index is 0.283. The molecule has 0 aliphatic carbocycles. The fourth-order valence-electron chi connectivity index (χ4n) is 2.32. The van der Waals surface area contributed by atoms with E-state index < -0.39 is 10.0 Å². The van der Waals surface area contributed by atoms with E-state index in [-0.39, 0.29) is 6.54 Å². The van der Waals surface area contributed by atoms with Gasteiger partial charge in [0.25, 0.3) is 0 Å². The maximum Gasteiger partial charge on any atom is 0.211 e. The maximum absolute atomic E-state index is 11.6. The predicted octanol–water partition coefficient (Wildman–Crippen LogP) is 0.569. The summed E-state index contributed by atoms with van der Waals surface area (Å²) in [5.74, 6) is 1.36. The Morgan fingerprint density at radius 2 is 2.19 bits per heavy atom. The number of nitrogens with zero attached hydrogens (tertiary/aromatic N) is 4. The van der Waals surface area contributed by atoms with Crippen LogP contribution in [0.2, 0.25) is 0 Å². The van der Waals surface area contributed by atoms with Gasteiger partial charge in [-0.25, -0.2) is 18.4 Å². The zero-order valence-corrected chi connectivity index (χ0v) is 12.6. The van der Waals surface area contributed by atoms with E-state index in [2.05, 4.69) is 25.5 Å². The van der Waals surface area contributed by atoms with Crippen molar-refractivity contribution in [2.45, 2.75) is 19.9 Å². The molecule has 2 aromatic heterocycles. The van der Waals surface area contributed by atoms with Crippen LogP contribution in [0.3, 0.4) is 0 Å². The summed E-state index contributed by atoms with van der Waals surface area (Å²) in [6, 6.07) is 1.88. The fraction of sp³-hybridized carbons (Fsp3) is 0.417. The van der Waals surface area contributed by atoms with Crippen molar-refractivity contribution >= 4 is 21.7 Å². The molecule has 0 unspecified atom stereocenters. The van der Waals surface area contributed by atoms with Crippen molar-refractivity contribution in [1.29, 1.82) is 0 Å². The van der Waals surface area contributed by atoms with Crippen molar-refractivity contribution in [3.63, 3.8) is 0 Å². The van der Waals surface area contributed by atoms with Crippen LogP contribution in [0.4, 0.5) is 11.6 Å². The van der Waals surface area contributed by atoms with Gasteiger partial charge in [0.05, 0.1) is 18.5 Å². The molecule has 0 radical (unpaired) electrons. The lowest BCUT2D eigenvalue weighted by Gasteiger charge is -2.26. The number of aromatic amines is 1. The SMILES string of the molecule is Cc1cc(Nc2ncnc3c2CCN(S(C)(=O)=O)C3)n[nH]1. The summed E-state index contributed by atoms with van der Waals surface area (Å²) in [5.41, 5.74) is 2.62. The van der Waals surface area contributed by atoms with Crippen molar-refractivity contribution in [2.24, 2.45) is 0 Å². The van der Waals surface area contributed by atoms with Gasteiger partial charge in [-0.05, 0) is 13.3 Å². The van der Waals surface area contributed by atoms with Gasteiger partial charge in [0, 0.05) is 23.9 Å². The molecule has 3 rings (SSSR count). The van der Waals surface area contributed by atoms with E-state index in [1.807, 2.05) is 13.0 Å². The van der Waals surface area contributed by atoms with Crippen LogP contribution < -0.4 is 5.32 Å². The summed E-state index contributed by atoms with van der Waals surface area (Å²) >= 11 is 0. The van der Waals surface area contributed by atoms with Crippen molar-refractivity contribution < 1.29 is 8.42 Å². The minimum Gasteiger partial charge on any atom is -0.323 e. The molecule has 112 valence electrons. The normalized spacial score (nSPS) is 15.7. The summed E-state index contributed by atoms with van der Waals surface area (Å²) in [4.78, 5) is 8.44. The van der Waals surface area contributed by atoms with E-state index in [0.717, 1.165) is 17.0 Å². The van der Waals surface area contributed by atoms with Crippen LogP contribution in [0.1, 0.15) is 17.0 Å². The van der Waals surface area contributed by atoms with Crippen molar-refractivity contribution in [3.8, 4) is 0 Å². The fourth-order valence-corrected chi connectivity index (χ4v) is 3.10. The first-order valence-corrected chi connectivity index (χ1v) is 8.35. The third-order valence-corrected chi connectivity index (χ3v) is 4.64. The number of sulfonamides is 1. The highest BCUT2D eigenvalue weighted by Gasteiger charge is 2.26. The second kappa shape index (κ2) is 5.08. The lowest BCUT2D eigenvalue weighted by molar-refractivity contribution is 0.388. The molecular formula is C12H16N6O2S. The second-order valence-corrected chi connectivity index (χ2v) is 7.04. The van der Waals surface area contributed by atoms with Crippen molar-refractivity contribution in [2.75, 3.05) is 18.1 Å². The first kappa shape index (κ1) is 14.0. The molecule has 0 spiro atoms. The van der Waals surface area contributed by atoms with Crippen LogP contribution in [-0.4, -0.2) is 45.7 Å². The predicted molar refractivity (Wildman–Crippen MR) is 77.6 cm³/mol. The summed E-state index contributed by atoms with van der Waals surface area (Å²) in [6.07, 6.45) is 3.23. The van der Waals surface area contributed by atoms with Crippen LogP contribution in [0.15, 0.2) is 12.4 Å². The van der Waals surface area contributed by atoms with E-state index in [0.29, 0.717) is 24.6 Å². The molecule has 21 heavy (non-hydrogen) atoms. The largest absolute Gasteiger partial charge is 0.323 e. The molecule has 1 aliphatic rings. The minimum atomic E-state index is -3.20. The van der Waals surface area contributed by atoms with Crippen LogP contribution in [0, 0.1) is 6.92 Å². The van der Waals surface area contributed by atoms with Gasteiger partial charge < -0.3 is 5.32 Å². The summed E-state index contributed by atoms with van der Waals surface area (Å²) in [5, 5.41) is 10.1. The lowest BCUT2D eigenvalue weighted by atomic mass is 10.1. The lowest BCUT2D eigenvalue weighted by Crippen LogP contribution is -2.36. The molecule has 9 heteroatoms. The van der Waals surface area contributed by atoms with Gasteiger partial charge in [-0.1, -0.05) is 0 Å². The van der Waals surface area contributed by atoms with Crippen molar-refractivity contribution in [3.05, 3.63) is 29.3 Å². The number of fused-ring (bicyclic) bond motifs is 1. The molecule has 2 N–H and O–H groups in total. The average Bonchev–Trinajstić information content (AvgIpc) is 2.83. The Labute approximate surface area is 122 Å². The average molecular weight is 308 g/mol. The molecule has 2 aromatic rings. The Kier molecular flexibility index (Phi) is 3.38. The third-order valence-electron chi connectivity index (χ3n) is 3.39. The van der Waals surface area contributed by atoms with Crippen LogP contribution in [0.25, 0.3) is 0 Å².